The fraction of sp³-hybridized carbons (Fsp3) is 0.267. The van der Waals surface area contributed by atoms with Crippen molar-refractivity contribution in [1.29, 1.82) is 0 Å². The highest BCUT2D eigenvalue weighted by Crippen LogP contribution is 2.23. The Morgan fingerprint density at radius 3 is 2.45 bits per heavy atom. The van der Waals surface area contributed by atoms with Gasteiger partial charge in [0.25, 0.3) is 5.91 Å². The summed E-state index contributed by atoms with van der Waals surface area (Å²) in [5, 5.41) is 3.11. The van der Waals surface area contributed by atoms with Crippen molar-refractivity contribution in [3.8, 4) is 11.1 Å². The van der Waals surface area contributed by atoms with E-state index in [9.17, 15) is 4.79 Å². The quantitative estimate of drug-likeness (QED) is 0.893. The summed E-state index contributed by atoms with van der Waals surface area (Å²) >= 11 is 0. The van der Waals surface area contributed by atoms with Crippen LogP contribution in [0, 0.1) is 6.92 Å². The Morgan fingerprint density at radius 2 is 1.90 bits per heavy atom. The van der Waals surface area contributed by atoms with Gasteiger partial charge in [-0.15, -0.1) is 0 Å². The Balaban J connectivity index is 2.44. The zero-order chi connectivity index (χ0) is 14.7. The number of aryl methyl sites for hydroxylation is 1. The molecule has 0 aliphatic carbocycles. The largest absolute Gasteiger partial charge is 0.367 e. The number of hydrogen-bond donors (Lipinski definition) is 2. The van der Waals surface area contributed by atoms with Gasteiger partial charge < -0.3 is 11.1 Å². The van der Waals surface area contributed by atoms with E-state index in [0.717, 1.165) is 16.8 Å². The van der Waals surface area contributed by atoms with E-state index in [4.69, 9.17) is 5.73 Å². The van der Waals surface area contributed by atoms with Crippen molar-refractivity contribution in [2.24, 2.45) is 5.73 Å². The maximum atomic E-state index is 11.6. The van der Waals surface area contributed by atoms with Gasteiger partial charge in [-0.3, -0.25) is 9.78 Å². The summed E-state index contributed by atoms with van der Waals surface area (Å²) in [6, 6.07) is 5.78. The first-order chi connectivity index (χ1) is 9.47. The van der Waals surface area contributed by atoms with Crippen molar-refractivity contribution in [2.45, 2.75) is 26.8 Å². The molecule has 5 heteroatoms. The molecular formula is C15H18N4O. The molecule has 2 aromatic heterocycles. The Hall–Kier alpha value is -2.43. The van der Waals surface area contributed by atoms with E-state index in [-0.39, 0.29) is 6.04 Å². The fourth-order valence-corrected chi connectivity index (χ4v) is 1.84. The number of primary amides is 1. The van der Waals surface area contributed by atoms with Gasteiger partial charge in [-0.1, -0.05) is 6.07 Å². The van der Waals surface area contributed by atoms with Gasteiger partial charge in [-0.25, -0.2) is 4.98 Å². The molecule has 0 atom stereocenters. The summed E-state index contributed by atoms with van der Waals surface area (Å²) in [7, 11) is 0. The van der Waals surface area contributed by atoms with Crippen molar-refractivity contribution in [2.75, 3.05) is 5.32 Å². The Morgan fingerprint density at radius 1 is 1.20 bits per heavy atom. The molecule has 0 aliphatic rings. The minimum Gasteiger partial charge on any atom is -0.367 e. The first-order valence-corrected chi connectivity index (χ1v) is 6.47. The van der Waals surface area contributed by atoms with Gasteiger partial charge in [0.05, 0.1) is 5.56 Å². The lowest BCUT2D eigenvalue weighted by Crippen LogP contribution is -2.19. The maximum Gasteiger partial charge on any atom is 0.252 e. The number of nitrogens with two attached hydrogens (primary N) is 1. The summed E-state index contributed by atoms with van der Waals surface area (Å²) in [6.07, 6.45) is 3.47. The molecule has 1 amide bonds. The van der Waals surface area contributed by atoms with Crippen LogP contribution in [0.3, 0.4) is 0 Å². The number of aromatic nitrogens is 2. The highest BCUT2D eigenvalue weighted by Gasteiger charge is 2.12. The molecule has 0 fully saturated rings. The van der Waals surface area contributed by atoms with Crippen LogP contribution in [0.1, 0.15) is 29.9 Å². The smallest absolute Gasteiger partial charge is 0.252 e. The van der Waals surface area contributed by atoms with Crippen LogP contribution in [0.15, 0.2) is 30.6 Å². The van der Waals surface area contributed by atoms with Crippen molar-refractivity contribution in [1.82, 2.24) is 9.97 Å². The fourth-order valence-electron chi connectivity index (χ4n) is 1.84. The van der Waals surface area contributed by atoms with Crippen molar-refractivity contribution in [3.63, 3.8) is 0 Å². The molecule has 0 bridgehead atoms. The van der Waals surface area contributed by atoms with Crippen LogP contribution < -0.4 is 11.1 Å². The molecule has 0 aromatic carbocycles. The van der Waals surface area contributed by atoms with Gasteiger partial charge in [0.1, 0.15) is 5.82 Å². The zero-order valence-electron chi connectivity index (χ0n) is 11.8. The molecule has 0 saturated heterocycles. The zero-order valence-corrected chi connectivity index (χ0v) is 11.8. The number of pyridine rings is 2. The van der Waals surface area contributed by atoms with Gasteiger partial charge in [-0.2, -0.15) is 0 Å². The number of anilines is 1. The SMILES string of the molecule is Cc1ccc(-c2cnc(NC(C)C)c(C(N)=O)c2)cn1. The molecule has 2 rings (SSSR count). The number of nitrogens with one attached hydrogen (secondary N) is 1. The van der Waals surface area contributed by atoms with E-state index < -0.39 is 5.91 Å². The third kappa shape index (κ3) is 3.12. The standard InChI is InChI=1S/C15H18N4O/c1-9(2)19-15-13(14(16)20)6-12(8-18-15)11-5-4-10(3)17-7-11/h4-9H,1-3H3,(H2,16,20)(H,18,19). The molecule has 104 valence electrons. The molecule has 0 unspecified atom stereocenters. The van der Waals surface area contributed by atoms with Crippen LogP contribution >= 0.6 is 0 Å². The molecule has 5 nitrogen and oxygen atoms in total. The summed E-state index contributed by atoms with van der Waals surface area (Å²) < 4.78 is 0. The second kappa shape index (κ2) is 5.69. The third-order valence-electron chi connectivity index (χ3n) is 2.82. The van der Waals surface area contributed by atoms with Gasteiger partial charge in [0, 0.05) is 35.3 Å². The highest BCUT2D eigenvalue weighted by molar-refractivity contribution is 5.98. The number of nitrogens with zero attached hydrogens (tertiary/aromatic N) is 2. The number of carbonyl (C=O) groups excluding carboxylic acids is 1. The molecule has 2 aromatic rings. The van der Waals surface area contributed by atoms with Gasteiger partial charge >= 0.3 is 0 Å². The minimum absolute atomic E-state index is 0.174. The van der Waals surface area contributed by atoms with Crippen LogP contribution in [-0.4, -0.2) is 21.9 Å². The second-order valence-electron chi connectivity index (χ2n) is 4.97. The second-order valence-corrected chi connectivity index (χ2v) is 4.97. The Labute approximate surface area is 118 Å². The first-order valence-electron chi connectivity index (χ1n) is 6.47. The van der Waals surface area contributed by atoms with E-state index >= 15 is 0 Å². The molecular weight excluding hydrogens is 252 g/mol. The predicted molar refractivity (Wildman–Crippen MR) is 79.5 cm³/mol. The average Bonchev–Trinajstić information content (AvgIpc) is 2.39. The van der Waals surface area contributed by atoms with E-state index in [1.165, 1.54) is 0 Å². The molecule has 2 heterocycles. The summed E-state index contributed by atoms with van der Waals surface area (Å²) in [5.74, 6) is 0.0129. The Kier molecular flexibility index (Phi) is 3.98. The van der Waals surface area contributed by atoms with Crippen LogP contribution in [-0.2, 0) is 0 Å². The number of hydrogen-bond acceptors (Lipinski definition) is 4. The maximum absolute atomic E-state index is 11.6. The van der Waals surface area contributed by atoms with Gasteiger partial charge in [0.2, 0.25) is 0 Å². The van der Waals surface area contributed by atoms with Crippen molar-refractivity contribution in [3.05, 3.63) is 41.9 Å². The molecule has 0 spiro atoms. The third-order valence-corrected chi connectivity index (χ3v) is 2.82. The van der Waals surface area contributed by atoms with Crippen molar-refractivity contribution >= 4 is 11.7 Å². The first kappa shape index (κ1) is 14.0. The van der Waals surface area contributed by atoms with E-state index in [1.54, 1.807) is 18.5 Å². The average molecular weight is 270 g/mol. The molecule has 0 saturated carbocycles. The topological polar surface area (TPSA) is 80.9 Å². The molecule has 0 aliphatic heterocycles. The highest BCUT2D eigenvalue weighted by atomic mass is 16.1. The monoisotopic (exact) mass is 270 g/mol. The number of amides is 1. The van der Waals surface area contributed by atoms with Gasteiger partial charge in [-0.05, 0) is 32.9 Å². The van der Waals surface area contributed by atoms with E-state index in [2.05, 4.69) is 15.3 Å². The lowest BCUT2D eigenvalue weighted by atomic mass is 10.1. The normalized spacial score (nSPS) is 10.6. The van der Waals surface area contributed by atoms with Crippen LogP contribution in [0.4, 0.5) is 5.82 Å². The molecule has 20 heavy (non-hydrogen) atoms. The summed E-state index contributed by atoms with van der Waals surface area (Å²) in [6.45, 7) is 5.88. The van der Waals surface area contributed by atoms with E-state index in [0.29, 0.717) is 11.4 Å². The van der Waals surface area contributed by atoms with Crippen LogP contribution in [0.2, 0.25) is 0 Å². The summed E-state index contributed by atoms with van der Waals surface area (Å²) in [5.41, 5.74) is 8.48. The number of rotatable bonds is 4. The van der Waals surface area contributed by atoms with Crippen molar-refractivity contribution < 1.29 is 4.79 Å². The Bertz CT molecular complexity index is 620. The van der Waals surface area contributed by atoms with Gasteiger partial charge in [0.15, 0.2) is 0 Å². The molecule has 0 radical (unpaired) electrons. The number of carbonyl (C=O) groups is 1. The predicted octanol–water partition coefficient (Wildman–Crippen LogP) is 2.37. The van der Waals surface area contributed by atoms with Crippen LogP contribution in [0.5, 0.6) is 0 Å². The summed E-state index contributed by atoms with van der Waals surface area (Å²) in [4.78, 5) is 20.1. The lowest BCUT2D eigenvalue weighted by molar-refractivity contribution is 0.100. The van der Waals surface area contributed by atoms with Crippen LogP contribution in [0.25, 0.3) is 11.1 Å². The van der Waals surface area contributed by atoms with E-state index in [1.807, 2.05) is 32.9 Å². The molecule has 3 N–H and O–H groups in total. The lowest BCUT2D eigenvalue weighted by Gasteiger charge is -2.13. The minimum atomic E-state index is -0.498.